The zero-order valence-electron chi connectivity index (χ0n) is 11.5. The van der Waals surface area contributed by atoms with Gasteiger partial charge in [-0.15, -0.1) is 0 Å². The Morgan fingerprint density at radius 3 is 2.61 bits per heavy atom. The molecule has 0 unspecified atom stereocenters. The summed E-state index contributed by atoms with van der Waals surface area (Å²) in [7, 11) is 2.08. The first-order valence-electron chi connectivity index (χ1n) is 6.77. The van der Waals surface area contributed by atoms with Gasteiger partial charge in [0.25, 0.3) is 0 Å². The summed E-state index contributed by atoms with van der Waals surface area (Å²) in [5, 5.41) is 2.96. The van der Waals surface area contributed by atoms with Gasteiger partial charge in [-0.3, -0.25) is 4.79 Å². The number of hydrogen-bond donors (Lipinski definition) is 1. The van der Waals surface area contributed by atoms with E-state index in [9.17, 15) is 4.79 Å². The number of carbonyl (C=O) groups is 1. The molecule has 3 nitrogen and oxygen atoms in total. The first-order chi connectivity index (χ1) is 8.74. The van der Waals surface area contributed by atoms with Gasteiger partial charge in [0.2, 0.25) is 5.91 Å². The van der Waals surface area contributed by atoms with Crippen LogP contribution in [0.25, 0.3) is 0 Å². The minimum atomic E-state index is 0.180. The second kappa shape index (κ2) is 8.56. The van der Waals surface area contributed by atoms with Crippen LogP contribution in [0.3, 0.4) is 0 Å². The van der Waals surface area contributed by atoms with E-state index in [2.05, 4.69) is 36.3 Å². The van der Waals surface area contributed by atoms with Crippen molar-refractivity contribution >= 4 is 11.6 Å². The number of nitrogens with one attached hydrogen (secondary N) is 1. The monoisotopic (exact) mass is 248 g/mol. The van der Waals surface area contributed by atoms with Crippen LogP contribution < -0.4 is 10.2 Å². The first-order valence-corrected chi connectivity index (χ1v) is 6.77. The number of para-hydroxylation sites is 1. The Hall–Kier alpha value is -1.51. The van der Waals surface area contributed by atoms with Crippen LogP contribution in [-0.2, 0) is 4.79 Å². The Bertz CT molecular complexity index is 338. The second-order valence-electron chi connectivity index (χ2n) is 4.56. The highest BCUT2D eigenvalue weighted by Gasteiger charge is 2.01. The fraction of sp³-hybridized carbons (Fsp3) is 0.533. The van der Waals surface area contributed by atoms with E-state index in [1.807, 2.05) is 18.2 Å². The van der Waals surface area contributed by atoms with E-state index in [1.54, 1.807) is 0 Å². The molecular weight excluding hydrogens is 224 g/mol. The zero-order valence-corrected chi connectivity index (χ0v) is 11.5. The summed E-state index contributed by atoms with van der Waals surface area (Å²) in [5.74, 6) is 0.180. The molecule has 0 aliphatic rings. The van der Waals surface area contributed by atoms with Crippen LogP contribution in [0.15, 0.2) is 30.3 Å². The molecule has 0 heterocycles. The summed E-state index contributed by atoms with van der Waals surface area (Å²) in [6.45, 7) is 3.82. The SMILES string of the molecule is CCCCC(=O)NCCCN(C)c1ccccc1. The number of amides is 1. The summed E-state index contributed by atoms with van der Waals surface area (Å²) in [6, 6.07) is 10.3. The van der Waals surface area contributed by atoms with Crippen LogP contribution in [-0.4, -0.2) is 26.0 Å². The Morgan fingerprint density at radius 2 is 1.94 bits per heavy atom. The molecule has 0 aromatic heterocycles. The van der Waals surface area contributed by atoms with Crippen LogP contribution in [0.2, 0.25) is 0 Å². The van der Waals surface area contributed by atoms with E-state index in [-0.39, 0.29) is 5.91 Å². The average Bonchev–Trinajstić information content (AvgIpc) is 2.42. The minimum Gasteiger partial charge on any atom is -0.375 e. The van der Waals surface area contributed by atoms with Crippen molar-refractivity contribution in [1.29, 1.82) is 0 Å². The lowest BCUT2D eigenvalue weighted by atomic mass is 10.2. The molecule has 3 heteroatoms. The molecule has 1 aromatic carbocycles. The fourth-order valence-corrected chi connectivity index (χ4v) is 1.78. The van der Waals surface area contributed by atoms with Crippen molar-refractivity contribution in [3.63, 3.8) is 0 Å². The van der Waals surface area contributed by atoms with Crippen molar-refractivity contribution in [1.82, 2.24) is 5.32 Å². The summed E-state index contributed by atoms with van der Waals surface area (Å²) in [4.78, 5) is 13.6. The van der Waals surface area contributed by atoms with Gasteiger partial charge >= 0.3 is 0 Å². The van der Waals surface area contributed by atoms with Crippen molar-refractivity contribution in [3.8, 4) is 0 Å². The molecule has 100 valence electrons. The van der Waals surface area contributed by atoms with Gasteiger partial charge in [-0.05, 0) is 25.0 Å². The second-order valence-corrected chi connectivity index (χ2v) is 4.56. The summed E-state index contributed by atoms with van der Waals surface area (Å²) in [5.41, 5.74) is 1.22. The predicted molar refractivity (Wildman–Crippen MR) is 76.9 cm³/mol. The Balaban J connectivity index is 2.13. The molecule has 0 saturated heterocycles. The predicted octanol–water partition coefficient (Wildman–Crippen LogP) is 2.82. The van der Waals surface area contributed by atoms with Crippen molar-refractivity contribution in [2.75, 3.05) is 25.0 Å². The molecule has 0 aliphatic carbocycles. The van der Waals surface area contributed by atoms with E-state index < -0.39 is 0 Å². The maximum atomic E-state index is 11.4. The lowest BCUT2D eigenvalue weighted by Gasteiger charge is -2.19. The van der Waals surface area contributed by atoms with Gasteiger partial charge in [0.1, 0.15) is 0 Å². The van der Waals surface area contributed by atoms with Crippen LogP contribution in [0.4, 0.5) is 5.69 Å². The number of rotatable bonds is 8. The molecule has 1 rings (SSSR count). The van der Waals surface area contributed by atoms with Gasteiger partial charge in [0.15, 0.2) is 0 Å². The number of nitrogens with zero attached hydrogens (tertiary/aromatic N) is 1. The topological polar surface area (TPSA) is 32.3 Å². The van der Waals surface area contributed by atoms with Gasteiger partial charge in [-0.25, -0.2) is 0 Å². The van der Waals surface area contributed by atoms with Crippen LogP contribution in [0.1, 0.15) is 32.6 Å². The normalized spacial score (nSPS) is 10.1. The van der Waals surface area contributed by atoms with E-state index >= 15 is 0 Å². The quantitative estimate of drug-likeness (QED) is 0.717. The molecule has 18 heavy (non-hydrogen) atoms. The summed E-state index contributed by atoms with van der Waals surface area (Å²) in [6.07, 6.45) is 3.69. The number of benzene rings is 1. The van der Waals surface area contributed by atoms with Gasteiger partial charge in [-0.2, -0.15) is 0 Å². The van der Waals surface area contributed by atoms with Gasteiger partial charge in [0.05, 0.1) is 0 Å². The average molecular weight is 248 g/mol. The van der Waals surface area contributed by atoms with E-state index in [1.165, 1.54) is 5.69 Å². The molecule has 0 atom stereocenters. The highest BCUT2D eigenvalue weighted by atomic mass is 16.1. The largest absolute Gasteiger partial charge is 0.375 e. The van der Waals surface area contributed by atoms with Crippen molar-refractivity contribution in [3.05, 3.63) is 30.3 Å². The third-order valence-electron chi connectivity index (χ3n) is 2.95. The highest BCUT2D eigenvalue weighted by Crippen LogP contribution is 2.10. The molecule has 1 aromatic rings. The van der Waals surface area contributed by atoms with Gasteiger partial charge < -0.3 is 10.2 Å². The van der Waals surface area contributed by atoms with Crippen molar-refractivity contribution in [2.24, 2.45) is 0 Å². The van der Waals surface area contributed by atoms with Gasteiger partial charge in [-0.1, -0.05) is 31.5 Å². The van der Waals surface area contributed by atoms with Gasteiger partial charge in [0, 0.05) is 32.2 Å². The minimum absolute atomic E-state index is 0.180. The van der Waals surface area contributed by atoms with Crippen molar-refractivity contribution in [2.45, 2.75) is 32.6 Å². The van der Waals surface area contributed by atoms with Crippen LogP contribution >= 0.6 is 0 Å². The molecule has 0 saturated carbocycles. The number of unbranched alkanes of at least 4 members (excludes halogenated alkanes) is 1. The first kappa shape index (κ1) is 14.6. The van der Waals surface area contributed by atoms with Crippen molar-refractivity contribution < 1.29 is 4.79 Å². The van der Waals surface area contributed by atoms with E-state index in [0.717, 1.165) is 32.4 Å². The molecular formula is C15H24N2O. The molecule has 0 spiro atoms. The van der Waals surface area contributed by atoms with Crippen LogP contribution in [0, 0.1) is 0 Å². The lowest BCUT2D eigenvalue weighted by molar-refractivity contribution is -0.121. The molecule has 0 aliphatic heterocycles. The summed E-state index contributed by atoms with van der Waals surface area (Å²) < 4.78 is 0. The molecule has 0 radical (unpaired) electrons. The lowest BCUT2D eigenvalue weighted by Crippen LogP contribution is -2.27. The van der Waals surface area contributed by atoms with Crippen LogP contribution in [0.5, 0.6) is 0 Å². The Morgan fingerprint density at radius 1 is 1.22 bits per heavy atom. The standard InChI is InChI=1S/C15H24N2O/c1-3-4-11-15(18)16-12-8-13-17(2)14-9-6-5-7-10-14/h5-7,9-10H,3-4,8,11-13H2,1-2H3,(H,16,18). The Kier molecular flexibility index (Phi) is 6.92. The molecule has 0 fully saturated rings. The fourth-order valence-electron chi connectivity index (χ4n) is 1.78. The number of anilines is 1. The van der Waals surface area contributed by atoms with E-state index in [0.29, 0.717) is 6.42 Å². The zero-order chi connectivity index (χ0) is 13.2. The van der Waals surface area contributed by atoms with E-state index in [4.69, 9.17) is 0 Å². The highest BCUT2D eigenvalue weighted by molar-refractivity contribution is 5.75. The molecule has 1 amide bonds. The summed E-state index contributed by atoms with van der Waals surface area (Å²) >= 11 is 0. The third-order valence-corrected chi connectivity index (χ3v) is 2.95. The molecule has 1 N–H and O–H groups in total. The maximum Gasteiger partial charge on any atom is 0.219 e. The molecule has 0 bridgehead atoms. The maximum absolute atomic E-state index is 11.4. The Labute approximate surface area is 110 Å². The number of hydrogen-bond acceptors (Lipinski definition) is 2. The third kappa shape index (κ3) is 5.71. The number of carbonyl (C=O) groups excluding carboxylic acids is 1. The smallest absolute Gasteiger partial charge is 0.219 e.